The number of allylic oxidation sites excluding steroid dienone is 1. The highest BCUT2D eigenvalue weighted by molar-refractivity contribution is 7.11. The van der Waals surface area contributed by atoms with Gasteiger partial charge >= 0.3 is 5.97 Å². The summed E-state index contributed by atoms with van der Waals surface area (Å²) in [4.78, 5) is 33.1. The fourth-order valence-electron chi connectivity index (χ4n) is 3.86. The zero-order valence-corrected chi connectivity index (χ0v) is 21.5. The molecule has 2 aromatic heterocycles. The highest BCUT2D eigenvalue weighted by Crippen LogP contribution is 2.38. The molecule has 0 saturated carbocycles. The Hall–Kier alpha value is -3.17. The third-order valence-electron chi connectivity index (χ3n) is 5.48. The molecule has 0 radical (unpaired) electrons. The quantitative estimate of drug-likeness (QED) is 0.486. The van der Waals surface area contributed by atoms with Crippen molar-refractivity contribution in [3.05, 3.63) is 76.6 Å². The van der Waals surface area contributed by atoms with E-state index in [1.807, 2.05) is 24.4 Å². The van der Waals surface area contributed by atoms with Crippen molar-refractivity contribution in [1.29, 1.82) is 0 Å². The Morgan fingerprint density at radius 3 is 2.56 bits per heavy atom. The normalized spacial score (nSPS) is 15.9. The van der Waals surface area contributed by atoms with Crippen LogP contribution in [0.5, 0.6) is 11.5 Å². The minimum Gasteiger partial charge on any atom is -0.497 e. The van der Waals surface area contributed by atoms with Crippen molar-refractivity contribution in [3.63, 3.8) is 0 Å². The summed E-state index contributed by atoms with van der Waals surface area (Å²) >= 11 is 2.87. The Labute approximate surface area is 205 Å². The van der Waals surface area contributed by atoms with E-state index in [0.29, 0.717) is 37.7 Å². The second-order valence-electron chi connectivity index (χ2n) is 8.11. The van der Waals surface area contributed by atoms with Crippen LogP contribution < -0.4 is 24.4 Å². The number of carbonyl (C=O) groups is 1. The highest BCUT2D eigenvalue weighted by Gasteiger charge is 2.35. The van der Waals surface area contributed by atoms with Crippen LogP contribution in [0.2, 0.25) is 0 Å². The Morgan fingerprint density at radius 2 is 1.94 bits per heavy atom. The van der Waals surface area contributed by atoms with Gasteiger partial charge in [-0.3, -0.25) is 9.36 Å². The van der Waals surface area contributed by atoms with Gasteiger partial charge in [0, 0.05) is 10.4 Å². The minimum absolute atomic E-state index is 0.228. The van der Waals surface area contributed by atoms with Crippen molar-refractivity contribution in [2.45, 2.75) is 39.8 Å². The van der Waals surface area contributed by atoms with E-state index in [-0.39, 0.29) is 11.7 Å². The lowest BCUT2D eigenvalue weighted by atomic mass is 9.94. The average molecular weight is 499 g/mol. The van der Waals surface area contributed by atoms with Crippen molar-refractivity contribution in [2.75, 3.05) is 14.2 Å². The molecule has 3 aromatic rings. The molecular formula is C25H26N2O5S2. The smallest absolute Gasteiger partial charge is 0.338 e. The van der Waals surface area contributed by atoms with Crippen LogP contribution >= 0.6 is 22.7 Å². The third-order valence-corrected chi connectivity index (χ3v) is 7.43. The van der Waals surface area contributed by atoms with Crippen LogP contribution in [0.15, 0.2) is 50.7 Å². The van der Waals surface area contributed by atoms with Gasteiger partial charge in [-0.1, -0.05) is 11.3 Å². The standard InChI is InChI=1S/C25H26N2O5S2/c1-13(2)32-24(29)21-15(4)26-25-27(22(21)17-11-16(30-5)7-8-18(17)31-6)23(28)20(34-25)12-19-14(3)9-10-33-19/h7-13,22H,1-6H3/b20-12+/t22-/m1/s1. The number of ether oxygens (including phenoxy) is 3. The van der Waals surface area contributed by atoms with Gasteiger partial charge in [-0.15, -0.1) is 11.3 Å². The maximum Gasteiger partial charge on any atom is 0.338 e. The van der Waals surface area contributed by atoms with Gasteiger partial charge < -0.3 is 14.2 Å². The van der Waals surface area contributed by atoms with Gasteiger partial charge in [-0.2, -0.15) is 0 Å². The molecule has 1 aliphatic heterocycles. The number of esters is 1. The van der Waals surface area contributed by atoms with E-state index in [9.17, 15) is 9.59 Å². The largest absolute Gasteiger partial charge is 0.497 e. The van der Waals surface area contributed by atoms with E-state index in [4.69, 9.17) is 14.2 Å². The van der Waals surface area contributed by atoms with Crippen LogP contribution in [-0.4, -0.2) is 30.9 Å². The lowest BCUT2D eigenvalue weighted by Gasteiger charge is -2.26. The molecule has 34 heavy (non-hydrogen) atoms. The molecule has 1 atom stereocenters. The number of carbonyl (C=O) groups excluding carboxylic acids is 1. The fraction of sp³-hybridized carbons (Fsp3) is 0.320. The van der Waals surface area contributed by atoms with Crippen molar-refractivity contribution in [2.24, 2.45) is 4.99 Å². The topological polar surface area (TPSA) is 79.1 Å². The number of methoxy groups -OCH3 is 2. The molecule has 7 nitrogen and oxygen atoms in total. The molecular weight excluding hydrogens is 472 g/mol. The summed E-state index contributed by atoms with van der Waals surface area (Å²) < 4.78 is 18.7. The molecule has 1 aromatic carbocycles. The molecule has 0 fully saturated rings. The zero-order valence-electron chi connectivity index (χ0n) is 19.9. The monoisotopic (exact) mass is 498 g/mol. The lowest BCUT2D eigenvalue weighted by molar-refractivity contribution is -0.143. The number of aryl methyl sites for hydroxylation is 1. The summed E-state index contributed by atoms with van der Waals surface area (Å²) in [7, 11) is 3.12. The average Bonchev–Trinajstić information content (AvgIpc) is 3.34. The molecule has 9 heteroatoms. The van der Waals surface area contributed by atoms with E-state index in [0.717, 1.165) is 10.4 Å². The summed E-state index contributed by atoms with van der Waals surface area (Å²) in [6.07, 6.45) is 1.56. The van der Waals surface area contributed by atoms with Gasteiger partial charge in [0.25, 0.3) is 5.56 Å². The fourth-order valence-corrected chi connectivity index (χ4v) is 5.82. The van der Waals surface area contributed by atoms with E-state index >= 15 is 0 Å². The van der Waals surface area contributed by atoms with Crippen LogP contribution in [0.4, 0.5) is 0 Å². The van der Waals surface area contributed by atoms with Crippen molar-refractivity contribution in [1.82, 2.24) is 4.57 Å². The molecule has 3 heterocycles. The molecule has 0 N–H and O–H groups in total. The molecule has 0 amide bonds. The number of aromatic nitrogens is 1. The number of rotatable bonds is 6. The first-order valence-corrected chi connectivity index (χ1v) is 12.4. The van der Waals surface area contributed by atoms with Crippen LogP contribution in [0.25, 0.3) is 6.08 Å². The van der Waals surface area contributed by atoms with Gasteiger partial charge in [0.05, 0.1) is 36.1 Å². The summed E-state index contributed by atoms with van der Waals surface area (Å²) in [5, 5.41) is 1.99. The van der Waals surface area contributed by atoms with E-state index in [2.05, 4.69) is 4.99 Å². The highest BCUT2D eigenvalue weighted by atomic mass is 32.1. The molecule has 178 valence electrons. The number of hydrogen-bond acceptors (Lipinski definition) is 8. The van der Waals surface area contributed by atoms with Gasteiger partial charge in [0.15, 0.2) is 4.80 Å². The number of thiophene rings is 1. The molecule has 4 rings (SSSR count). The number of fused-ring (bicyclic) bond motifs is 1. The van der Waals surface area contributed by atoms with Crippen LogP contribution in [0, 0.1) is 6.92 Å². The molecule has 1 aliphatic rings. The number of benzene rings is 1. The van der Waals surface area contributed by atoms with Crippen molar-refractivity contribution < 1.29 is 19.0 Å². The summed E-state index contributed by atoms with van der Waals surface area (Å²) in [5.41, 5.74) is 2.28. The summed E-state index contributed by atoms with van der Waals surface area (Å²) in [5.74, 6) is 0.590. The first kappa shape index (κ1) is 24.0. The predicted molar refractivity (Wildman–Crippen MR) is 134 cm³/mol. The van der Waals surface area contributed by atoms with Crippen molar-refractivity contribution in [3.8, 4) is 11.5 Å². The van der Waals surface area contributed by atoms with Crippen molar-refractivity contribution >= 4 is 34.7 Å². The predicted octanol–water partition coefficient (Wildman–Crippen LogP) is 3.57. The first-order valence-electron chi connectivity index (χ1n) is 10.7. The Balaban J connectivity index is 2.03. The van der Waals surface area contributed by atoms with Crippen LogP contribution in [0.1, 0.15) is 42.8 Å². The molecule has 0 spiro atoms. The lowest BCUT2D eigenvalue weighted by Crippen LogP contribution is -2.40. The SMILES string of the molecule is COc1ccc(OC)c([C@@H]2C(C(=O)OC(C)C)=C(C)N=c3s/c(=C/c4sccc4C)c(=O)n32)c1. The second-order valence-corrected chi connectivity index (χ2v) is 10.1. The first-order chi connectivity index (χ1) is 16.2. The Bertz CT molecular complexity index is 1460. The minimum atomic E-state index is -0.779. The maximum atomic E-state index is 13.7. The van der Waals surface area contributed by atoms with E-state index in [1.165, 1.54) is 11.3 Å². The maximum absolute atomic E-state index is 13.7. The van der Waals surface area contributed by atoms with Crippen LogP contribution in [0.3, 0.4) is 0 Å². The van der Waals surface area contributed by atoms with E-state index < -0.39 is 12.0 Å². The molecule has 0 bridgehead atoms. The Morgan fingerprint density at radius 1 is 1.18 bits per heavy atom. The summed E-state index contributed by atoms with van der Waals surface area (Å²) in [6.45, 7) is 7.34. The molecule has 0 unspecified atom stereocenters. The third kappa shape index (κ3) is 4.33. The van der Waals surface area contributed by atoms with E-state index in [1.54, 1.807) is 69.1 Å². The number of hydrogen-bond donors (Lipinski definition) is 0. The number of thiazole rings is 1. The number of nitrogens with zero attached hydrogens (tertiary/aromatic N) is 2. The van der Waals surface area contributed by atoms with Gasteiger partial charge in [0.2, 0.25) is 0 Å². The zero-order chi connectivity index (χ0) is 24.6. The molecule has 0 saturated heterocycles. The van der Waals surface area contributed by atoms with Crippen LogP contribution in [-0.2, 0) is 9.53 Å². The summed E-state index contributed by atoms with van der Waals surface area (Å²) in [6, 6.07) is 6.56. The van der Waals surface area contributed by atoms with Gasteiger partial charge in [-0.25, -0.2) is 9.79 Å². The van der Waals surface area contributed by atoms with Gasteiger partial charge in [0.1, 0.15) is 17.5 Å². The molecule has 0 aliphatic carbocycles. The Kier molecular flexibility index (Phi) is 6.77. The van der Waals surface area contributed by atoms with Gasteiger partial charge in [-0.05, 0) is 69.0 Å². The second kappa shape index (κ2) is 9.60.